The molecule has 3 aromatic rings. The number of likely N-dealkylation sites (tertiary alicyclic amines) is 1. The van der Waals surface area contributed by atoms with E-state index in [0.717, 1.165) is 61.9 Å². The van der Waals surface area contributed by atoms with Crippen molar-refractivity contribution in [3.8, 4) is 11.5 Å². The lowest BCUT2D eigenvalue weighted by molar-refractivity contribution is 0.134. The SMILES string of the molecule is COc1ccc([C@@]23CC[C@H](NC(=S)NCc4ccccc4)C[C@H]2N(Cc2ccccc2)CC3)cc1OC. The minimum absolute atomic E-state index is 0.0889. The summed E-state index contributed by atoms with van der Waals surface area (Å²) in [5.74, 6) is 1.59. The number of hydrogen-bond donors (Lipinski definition) is 2. The maximum Gasteiger partial charge on any atom is 0.166 e. The fraction of sp³-hybridized carbons (Fsp3) is 0.387. The Morgan fingerprint density at radius 2 is 1.62 bits per heavy atom. The molecule has 5 nitrogen and oxygen atoms in total. The Kier molecular flexibility index (Phi) is 7.96. The highest BCUT2D eigenvalue weighted by molar-refractivity contribution is 7.80. The minimum Gasteiger partial charge on any atom is -0.493 e. The molecule has 0 bridgehead atoms. The molecule has 0 spiro atoms. The van der Waals surface area contributed by atoms with E-state index in [1.165, 1.54) is 16.7 Å². The zero-order valence-corrected chi connectivity index (χ0v) is 22.6. The van der Waals surface area contributed by atoms with Crippen LogP contribution in [-0.2, 0) is 18.5 Å². The van der Waals surface area contributed by atoms with Crippen LogP contribution in [0.5, 0.6) is 11.5 Å². The van der Waals surface area contributed by atoms with Crippen molar-refractivity contribution in [1.29, 1.82) is 0 Å². The largest absolute Gasteiger partial charge is 0.493 e. The van der Waals surface area contributed by atoms with Gasteiger partial charge in [-0.1, -0.05) is 66.7 Å². The first-order valence-electron chi connectivity index (χ1n) is 13.2. The first-order valence-corrected chi connectivity index (χ1v) is 13.6. The first kappa shape index (κ1) is 25.6. The molecule has 2 N–H and O–H groups in total. The van der Waals surface area contributed by atoms with Crippen molar-refractivity contribution in [3.63, 3.8) is 0 Å². The summed E-state index contributed by atoms with van der Waals surface area (Å²) in [6.07, 6.45) is 4.38. The molecule has 2 fully saturated rings. The predicted octanol–water partition coefficient (Wildman–Crippen LogP) is 5.43. The molecule has 6 heteroatoms. The van der Waals surface area contributed by atoms with Crippen molar-refractivity contribution in [2.24, 2.45) is 0 Å². The van der Waals surface area contributed by atoms with Gasteiger partial charge in [0, 0.05) is 30.6 Å². The Morgan fingerprint density at radius 1 is 0.919 bits per heavy atom. The van der Waals surface area contributed by atoms with Gasteiger partial charge in [0.1, 0.15) is 0 Å². The normalized spacial score (nSPS) is 23.2. The van der Waals surface area contributed by atoms with Crippen LogP contribution in [0.1, 0.15) is 42.4 Å². The molecule has 194 valence electrons. The number of hydrogen-bond acceptors (Lipinski definition) is 4. The Labute approximate surface area is 226 Å². The summed E-state index contributed by atoms with van der Waals surface area (Å²) in [4.78, 5) is 2.68. The van der Waals surface area contributed by atoms with Crippen molar-refractivity contribution in [2.45, 2.75) is 56.3 Å². The number of ether oxygens (including phenoxy) is 2. The number of benzene rings is 3. The lowest BCUT2D eigenvalue weighted by atomic mass is 9.65. The molecule has 2 aliphatic rings. The summed E-state index contributed by atoms with van der Waals surface area (Å²) >= 11 is 5.70. The van der Waals surface area contributed by atoms with E-state index in [-0.39, 0.29) is 5.41 Å². The molecule has 3 atom stereocenters. The standard InChI is InChI=1S/C31H37N3O2S/c1-35-27-14-13-25(19-28(27)36-2)31-16-15-26(33-30(37)32-21-23-9-5-3-6-10-23)20-29(31)34(18-17-31)22-24-11-7-4-8-12-24/h3-14,19,26,29H,15-18,20-22H2,1-2H3,(H2,32,33,37)/t26-,29+,31-/m0/s1. The summed E-state index contributed by atoms with van der Waals surface area (Å²) in [5, 5.41) is 7.78. The van der Waals surface area contributed by atoms with E-state index in [4.69, 9.17) is 21.7 Å². The highest BCUT2D eigenvalue weighted by Gasteiger charge is 2.51. The second-order valence-electron chi connectivity index (χ2n) is 10.2. The third-order valence-corrected chi connectivity index (χ3v) is 8.45. The minimum atomic E-state index is 0.0889. The monoisotopic (exact) mass is 515 g/mol. The van der Waals surface area contributed by atoms with E-state index in [0.29, 0.717) is 12.1 Å². The van der Waals surface area contributed by atoms with E-state index in [9.17, 15) is 0 Å². The van der Waals surface area contributed by atoms with Gasteiger partial charge in [0.05, 0.1) is 14.2 Å². The summed E-state index contributed by atoms with van der Waals surface area (Å²) in [6, 6.07) is 28.5. The van der Waals surface area contributed by atoms with Crippen LogP contribution in [0, 0.1) is 0 Å². The third kappa shape index (κ3) is 5.60. The van der Waals surface area contributed by atoms with Crippen LogP contribution in [0.3, 0.4) is 0 Å². The van der Waals surface area contributed by atoms with Gasteiger partial charge in [-0.05, 0) is 73.3 Å². The zero-order valence-electron chi connectivity index (χ0n) is 21.8. The van der Waals surface area contributed by atoms with Crippen LogP contribution in [0.15, 0.2) is 78.9 Å². The van der Waals surface area contributed by atoms with Crippen LogP contribution in [0.25, 0.3) is 0 Å². The van der Waals surface area contributed by atoms with Crippen molar-refractivity contribution in [2.75, 3.05) is 20.8 Å². The summed E-state index contributed by atoms with van der Waals surface area (Å²) < 4.78 is 11.2. The average Bonchev–Trinajstić information content (AvgIpc) is 3.31. The van der Waals surface area contributed by atoms with Crippen LogP contribution in [0.2, 0.25) is 0 Å². The van der Waals surface area contributed by atoms with Gasteiger partial charge in [0.2, 0.25) is 0 Å². The van der Waals surface area contributed by atoms with Gasteiger partial charge in [0.15, 0.2) is 16.6 Å². The Balaban J connectivity index is 1.35. The zero-order chi connectivity index (χ0) is 25.7. The fourth-order valence-electron chi connectivity index (χ4n) is 6.28. The predicted molar refractivity (Wildman–Crippen MR) is 153 cm³/mol. The van der Waals surface area contributed by atoms with Crippen molar-refractivity contribution in [1.82, 2.24) is 15.5 Å². The van der Waals surface area contributed by atoms with Crippen molar-refractivity contribution >= 4 is 17.3 Å². The molecule has 1 aliphatic heterocycles. The molecule has 37 heavy (non-hydrogen) atoms. The number of thiocarbonyl (C=S) groups is 1. The van der Waals surface area contributed by atoms with Gasteiger partial charge < -0.3 is 20.1 Å². The molecule has 1 saturated heterocycles. The molecule has 0 radical (unpaired) electrons. The number of nitrogens with one attached hydrogen (secondary N) is 2. The summed E-state index contributed by atoms with van der Waals surface area (Å²) in [5.41, 5.74) is 4.04. The molecule has 1 heterocycles. The molecular weight excluding hydrogens is 478 g/mol. The van der Waals surface area contributed by atoms with E-state index in [2.05, 4.69) is 88.3 Å². The highest BCUT2D eigenvalue weighted by Crippen LogP contribution is 2.50. The van der Waals surface area contributed by atoms with Crippen LogP contribution in [0.4, 0.5) is 0 Å². The average molecular weight is 516 g/mol. The number of nitrogens with zero attached hydrogens (tertiary/aromatic N) is 1. The number of rotatable bonds is 8. The van der Waals surface area contributed by atoms with Crippen molar-refractivity contribution < 1.29 is 9.47 Å². The van der Waals surface area contributed by atoms with Gasteiger partial charge >= 0.3 is 0 Å². The molecule has 1 aliphatic carbocycles. The Morgan fingerprint density at radius 3 is 2.32 bits per heavy atom. The molecule has 0 amide bonds. The highest BCUT2D eigenvalue weighted by atomic mass is 32.1. The molecule has 3 aromatic carbocycles. The van der Waals surface area contributed by atoms with Gasteiger partial charge in [-0.3, -0.25) is 4.90 Å². The second kappa shape index (κ2) is 11.5. The number of methoxy groups -OCH3 is 2. The molecular formula is C31H37N3O2S. The smallest absolute Gasteiger partial charge is 0.166 e. The maximum atomic E-state index is 5.70. The fourth-order valence-corrected chi connectivity index (χ4v) is 6.52. The lowest BCUT2D eigenvalue weighted by Crippen LogP contribution is -2.53. The van der Waals surface area contributed by atoms with Gasteiger partial charge in [-0.15, -0.1) is 0 Å². The van der Waals surface area contributed by atoms with E-state index in [1.54, 1.807) is 14.2 Å². The van der Waals surface area contributed by atoms with Gasteiger partial charge in [-0.2, -0.15) is 0 Å². The van der Waals surface area contributed by atoms with E-state index >= 15 is 0 Å². The van der Waals surface area contributed by atoms with E-state index < -0.39 is 0 Å². The van der Waals surface area contributed by atoms with Crippen LogP contribution < -0.4 is 20.1 Å². The quantitative estimate of drug-likeness (QED) is 0.390. The summed E-state index contributed by atoms with van der Waals surface area (Å²) in [6.45, 7) is 2.78. The first-order chi connectivity index (χ1) is 18.1. The van der Waals surface area contributed by atoms with Gasteiger partial charge in [0.25, 0.3) is 0 Å². The van der Waals surface area contributed by atoms with E-state index in [1.807, 2.05) is 6.07 Å². The number of fused-ring (bicyclic) bond motifs is 1. The Hall–Kier alpha value is -3.09. The second-order valence-corrected chi connectivity index (χ2v) is 10.6. The molecule has 1 saturated carbocycles. The van der Waals surface area contributed by atoms with Crippen LogP contribution >= 0.6 is 12.2 Å². The van der Waals surface area contributed by atoms with Gasteiger partial charge in [-0.25, -0.2) is 0 Å². The van der Waals surface area contributed by atoms with Crippen LogP contribution in [-0.4, -0.2) is 42.9 Å². The molecule has 5 rings (SSSR count). The topological polar surface area (TPSA) is 45.8 Å². The van der Waals surface area contributed by atoms with Crippen molar-refractivity contribution in [3.05, 3.63) is 95.6 Å². The lowest BCUT2D eigenvalue weighted by Gasteiger charge is -2.46. The third-order valence-electron chi connectivity index (χ3n) is 8.19. The molecule has 0 aromatic heterocycles. The maximum absolute atomic E-state index is 5.70. The summed E-state index contributed by atoms with van der Waals surface area (Å²) in [7, 11) is 3.42. The molecule has 0 unspecified atom stereocenters. The Bertz CT molecular complexity index is 1190.